The SMILES string of the molecule is CC(SS)c1ccc([C@@H](C)N2CCOCC2)cn1. The van der Waals surface area contributed by atoms with Crippen LogP contribution in [0.25, 0.3) is 0 Å². The maximum atomic E-state index is 5.38. The number of pyridine rings is 1. The van der Waals surface area contributed by atoms with Crippen molar-refractivity contribution in [2.45, 2.75) is 25.1 Å². The molecule has 18 heavy (non-hydrogen) atoms. The van der Waals surface area contributed by atoms with E-state index >= 15 is 0 Å². The van der Waals surface area contributed by atoms with Gasteiger partial charge in [0.05, 0.1) is 24.2 Å². The second kappa shape index (κ2) is 6.80. The highest BCUT2D eigenvalue weighted by atomic mass is 33.1. The predicted octanol–water partition coefficient (Wildman–Crippen LogP) is 3.11. The minimum Gasteiger partial charge on any atom is -0.379 e. The molecule has 0 radical (unpaired) electrons. The van der Waals surface area contributed by atoms with E-state index in [9.17, 15) is 0 Å². The Hall–Kier alpha value is -0.230. The van der Waals surface area contributed by atoms with Crippen molar-refractivity contribution in [3.05, 3.63) is 29.6 Å². The van der Waals surface area contributed by atoms with Gasteiger partial charge < -0.3 is 4.74 Å². The highest BCUT2D eigenvalue weighted by Gasteiger charge is 2.18. The first-order chi connectivity index (χ1) is 8.72. The molecule has 0 spiro atoms. The van der Waals surface area contributed by atoms with Crippen LogP contribution in [0.5, 0.6) is 0 Å². The van der Waals surface area contributed by atoms with Crippen molar-refractivity contribution in [2.75, 3.05) is 26.3 Å². The highest BCUT2D eigenvalue weighted by Crippen LogP contribution is 2.30. The Balaban J connectivity index is 2.03. The second-order valence-corrected chi connectivity index (χ2v) is 6.14. The molecule has 0 aromatic carbocycles. The molecule has 0 aliphatic carbocycles. The van der Waals surface area contributed by atoms with Gasteiger partial charge in [0.1, 0.15) is 0 Å². The number of ether oxygens (including phenoxy) is 1. The maximum absolute atomic E-state index is 5.38. The number of nitrogens with zero attached hydrogens (tertiary/aromatic N) is 2. The summed E-state index contributed by atoms with van der Waals surface area (Å²) in [7, 11) is 1.53. The van der Waals surface area contributed by atoms with Gasteiger partial charge in [0.25, 0.3) is 0 Å². The third-order valence-electron chi connectivity index (χ3n) is 3.46. The number of hydrogen-bond acceptors (Lipinski definition) is 5. The van der Waals surface area contributed by atoms with Gasteiger partial charge in [0.15, 0.2) is 0 Å². The molecule has 5 heteroatoms. The standard InChI is InChI=1S/C13H20N2OS2/c1-10(15-5-7-16-8-6-15)12-3-4-13(14-9-12)11(2)18-17/h3-4,9-11,17H,5-8H2,1-2H3/t10-,11?/m1/s1. The lowest BCUT2D eigenvalue weighted by Crippen LogP contribution is -2.38. The fourth-order valence-corrected chi connectivity index (χ4v) is 2.71. The van der Waals surface area contributed by atoms with Crippen molar-refractivity contribution in [1.82, 2.24) is 9.88 Å². The lowest BCUT2D eigenvalue weighted by Gasteiger charge is -2.32. The van der Waals surface area contributed by atoms with Gasteiger partial charge in [-0.15, -0.1) is 11.7 Å². The van der Waals surface area contributed by atoms with Gasteiger partial charge >= 0.3 is 0 Å². The van der Waals surface area contributed by atoms with E-state index in [0.29, 0.717) is 11.3 Å². The Labute approximate surface area is 118 Å². The van der Waals surface area contributed by atoms with E-state index in [2.05, 4.69) is 47.5 Å². The summed E-state index contributed by atoms with van der Waals surface area (Å²) in [6, 6.07) is 4.71. The molecule has 0 N–H and O–H groups in total. The quantitative estimate of drug-likeness (QED) is 0.678. The van der Waals surface area contributed by atoms with Crippen LogP contribution in [0.4, 0.5) is 0 Å². The molecule has 100 valence electrons. The topological polar surface area (TPSA) is 25.4 Å². The van der Waals surface area contributed by atoms with E-state index in [0.717, 1.165) is 32.0 Å². The molecule has 1 aliphatic heterocycles. The maximum Gasteiger partial charge on any atom is 0.0594 e. The summed E-state index contributed by atoms with van der Waals surface area (Å²) in [5.41, 5.74) is 2.37. The molecule has 0 amide bonds. The fraction of sp³-hybridized carbons (Fsp3) is 0.615. The summed E-state index contributed by atoms with van der Waals surface area (Å²) in [6.07, 6.45) is 2.00. The van der Waals surface area contributed by atoms with Crippen molar-refractivity contribution in [3.63, 3.8) is 0 Å². The Bertz CT molecular complexity index is 366. The van der Waals surface area contributed by atoms with Gasteiger partial charge in [-0.1, -0.05) is 16.9 Å². The third-order valence-corrected chi connectivity index (χ3v) is 4.97. The zero-order valence-electron chi connectivity index (χ0n) is 10.9. The monoisotopic (exact) mass is 284 g/mol. The van der Waals surface area contributed by atoms with Crippen LogP contribution in [-0.4, -0.2) is 36.2 Å². The van der Waals surface area contributed by atoms with Crippen LogP contribution in [0.15, 0.2) is 18.3 Å². The van der Waals surface area contributed by atoms with Gasteiger partial charge in [-0.2, -0.15) is 0 Å². The summed E-state index contributed by atoms with van der Waals surface area (Å²) < 4.78 is 5.38. The Kier molecular flexibility index (Phi) is 5.36. The minimum absolute atomic E-state index is 0.334. The Morgan fingerprint density at radius 3 is 2.61 bits per heavy atom. The zero-order chi connectivity index (χ0) is 13.0. The number of morpholine rings is 1. The van der Waals surface area contributed by atoms with E-state index in [1.165, 1.54) is 16.4 Å². The molecule has 1 aliphatic rings. The van der Waals surface area contributed by atoms with E-state index in [1.807, 2.05) is 6.20 Å². The molecule has 2 atom stereocenters. The van der Waals surface area contributed by atoms with E-state index in [-0.39, 0.29) is 0 Å². The van der Waals surface area contributed by atoms with E-state index < -0.39 is 0 Å². The summed E-state index contributed by atoms with van der Waals surface area (Å²) in [4.78, 5) is 6.98. The van der Waals surface area contributed by atoms with Gasteiger partial charge in [-0.25, -0.2) is 0 Å². The average molecular weight is 284 g/mol. The summed E-state index contributed by atoms with van der Waals surface area (Å²) >= 11 is 4.23. The van der Waals surface area contributed by atoms with Crippen molar-refractivity contribution < 1.29 is 4.74 Å². The first-order valence-corrected chi connectivity index (χ1v) is 8.23. The molecule has 0 bridgehead atoms. The van der Waals surface area contributed by atoms with Gasteiger partial charge in [0.2, 0.25) is 0 Å². The molecule has 1 fully saturated rings. The predicted molar refractivity (Wildman–Crippen MR) is 80.0 cm³/mol. The van der Waals surface area contributed by atoms with E-state index in [1.54, 1.807) is 0 Å². The molecule has 2 heterocycles. The molecule has 0 saturated carbocycles. The Morgan fingerprint density at radius 2 is 2.06 bits per heavy atom. The van der Waals surface area contributed by atoms with Crippen LogP contribution in [0.2, 0.25) is 0 Å². The van der Waals surface area contributed by atoms with Crippen molar-refractivity contribution in [2.24, 2.45) is 0 Å². The minimum atomic E-state index is 0.334. The molecular formula is C13H20N2OS2. The fourth-order valence-electron chi connectivity index (χ4n) is 2.13. The Morgan fingerprint density at radius 1 is 1.33 bits per heavy atom. The largest absolute Gasteiger partial charge is 0.379 e. The lowest BCUT2D eigenvalue weighted by molar-refractivity contribution is 0.0198. The smallest absolute Gasteiger partial charge is 0.0594 e. The number of aromatic nitrogens is 1. The third kappa shape index (κ3) is 3.41. The molecule has 1 saturated heterocycles. The van der Waals surface area contributed by atoms with Gasteiger partial charge in [0, 0.05) is 25.3 Å². The normalized spacial score (nSPS) is 20.6. The van der Waals surface area contributed by atoms with Crippen molar-refractivity contribution in [1.29, 1.82) is 0 Å². The lowest BCUT2D eigenvalue weighted by atomic mass is 10.1. The first kappa shape index (κ1) is 14.2. The number of thiol groups is 1. The molecule has 1 aromatic rings. The van der Waals surface area contributed by atoms with Crippen molar-refractivity contribution >= 4 is 22.5 Å². The summed E-state index contributed by atoms with van der Waals surface area (Å²) in [5, 5.41) is 0.334. The average Bonchev–Trinajstić information content (AvgIpc) is 2.47. The van der Waals surface area contributed by atoms with Gasteiger partial charge in [-0.3, -0.25) is 9.88 Å². The summed E-state index contributed by atoms with van der Waals surface area (Å²) in [5.74, 6) is 0. The molecular weight excluding hydrogens is 264 g/mol. The number of rotatable bonds is 4. The highest BCUT2D eigenvalue weighted by molar-refractivity contribution is 8.68. The first-order valence-electron chi connectivity index (χ1n) is 6.30. The molecule has 3 nitrogen and oxygen atoms in total. The van der Waals surface area contributed by atoms with E-state index in [4.69, 9.17) is 4.74 Å². The van der Waals surface area contributed by atoms with Crippen LogP contribution in [-0.2, 0) is 4.74 Å². The van der Waals surface area contributed by atoms with Crippen LogP contribution in [0, 0.1) is 0 Å². The molecule has 2 rings (SSSR count). The van der Waals surface area contributed by atoms with Crippen LogP contribution in [0.3, 0.4) is 0 Å². The van der Waals surface area contributed by atoms with Gasteiger partial charge in [-0.05, 0) is 25.5 Å². The zero-order valence-corrected chi connectivity index (χ0v) is 12.6. The van der Waals surface area contributed by atoms with Crippen molar-refractivity contribution in [3.8, 4) is 0 Å². The van der Waals surface area contributed by atoms with Crippen LogP contribution >= 0.6 is 22.5 Å². The summed E-state index contributed by atoms with van der Waals surface area (Å²) in [6.45, 7) is 8.04. The molecule has 1 unspecified atom stereocenters. The van der Waals surface area contributed by atoms with Crippen LogP contribution < -0.4 is 0 Å². The van der Waals surface area contributed by atoms with Crippen LogP contribution in [0.1, 0.15) is 36.4 Å². The second-order valence-electron chi connectivity index (χ2n) is 4.59. The number of hydrogen-bond donors (Lipinski definition) is 1. The molecule has 1 aromatic heterocycles.